The van der Waals surface area contributed by atoms with Crippen LogP contribution in [0.5, 0.6) is 0 Å². The zero-order chi connectivity index (χ0) is 22.5. The van der Waals surface area contributed by atoms with Crippen molar-refractivity contribution in [2.45, 2.75) is 29.5 Å². The minimum absolute atomic E-state index is 0.0523. The van der Waals surface area contributed by atoms with Crippen molar-refractivity contribution in [3.05, 3.63) is 57.8 Å². The van der Waals surface area contributed by atoms with Gasteiger partial charge in [-0.3, -0.25) is 0 Å². The number of nitrogens with two attached hydrogens (primary N) is 1. The second-order valence-corrected chi connectivity index (χ2v) is 8.99. The lowest BCUT2D eigenvalue weighted by Gasteiger charge is -2.25. The number of nitrogens with one attached hydrogen (secondary N) is 1. The van der Waals surface area contributed by atoms with E-state index in [0.717, 1.165) is 24.2 Å². The molecule has 0 bridgehead atoms. The van der Waals surface area contributed by atoms with E-state index >= 15 is 0 Å². The topological polar surface area (TPSA) is 121 Å². The smallest absolute Gasteiger partial charge is 0.187 e. The highest BCUT2D eigenvalue weighted by Gasteiger charge is 2.27. The zero-order valence-electron chi connectivity index (χ0n) is 17.0. The maximum absolute atomic E-state index is 13.1. The number of benzene rings is 1. The SMILES string of the molecule is N#Cc1c(N)nc(SCc2csc(Nc3ccc(F)cc3)n2)c(C#N)c1C1CCCOC1. The number of rotatable bonds is 6. The number of thioether (sulfide) groups is 1. The summed E-state index contributed by atoms with van der Waals surface area (Å²) in [5.74, 6) is 0.262. The van der Waals surface area contributed by atoms with Crippen LogP contribution in [0.3, 0.4) is 0 Å². The van der Waals surface area contributed by atoms with Gasteiger partial charge in [0.1, 0.15) is 28.8 Å². The van der Waals surface area contributed by atoms with Crippen LogP contribution >= 0.6 is 23.1 Å². The average molecular weight is 467 g/mol. The molecule has 1 aliphatic rings. The van der Waals surface area contributed by atoms with Crippen LogP contribution in [0.25, 0.3) is 0 Å². The Kier molecular flexibility index (Phi) is 6.86. The Morgan fingerprint density at radius 2 is 2.00 bits per heavy atom. The van der Waals surface area contributed by atoms with Crippen LogP contribution in [-0.4, -0.2) is 23.2 Å². The predicted molar refractivity (Wildman–Crippen MR) is 122 cm³/mol. The van der Waals surface area contributed by atoms with Gasteiger partial charge < -0.3 is 15.8 Å². The lowest BCUT2D eigenvalue weighted by molar-refractivity contribution is 0.0802. The summed E-state index contributed by atoms with van der Waals surface area (Å²) in [5.41, 5.74) is 8.92. The number of nitrogen functional groups attached to an aromatic ring is 1. The zero-order valence-corrected chi connectivity index (χ0v) is 18.6. The van der Waals surface area contributed by atoms with E-state index in [-0.39, 0.29) is 23.1 Å². The summed E-state index contributed by atoms with van der Waals surface area (Å²) in [5, 5.41) is 25.7. The van der Waals surface area contributed by atoms with Crippen molar-refractivity contribution in [1.82, 2.24) is 9.97 Å². The van der Waals surface area contributed by atoms with E-state index in [4.69, 9.17) is 10.5 Å². The Hall–Kier alpha value is -3.18. The first-order valence-corrected chi connectivity index (χ1v) is 11.8. The first kappa shape index (κ1) is 22.0. The minimum atomic E-state index is -0.298. The Balaban J connectivity index is 1.54. The number of hydrogen-bond donors (Lipinski definition) is 2. The molecule has 3 N–H and O–H groups in total. The molecule has 1 atom stereocenters. The van der Waals surface area contributed by atoms with Gasteiger partial charge in [-0.2, -0.15) is 10.5 Å². The van der Waals surface area contributed by atoms with Crippen LogP contribution in [0.2, 0.25) is 0 Å². The molecule has 3 aromatic rings. The highest BCUT2D eigenvalue weighted by atomic mass is 32.2. The van der Waals surface area contributed by atoms with Crippen LogP contribution in [0, 0.1) is 28.5 Å². The van der Waals surface area contributed by atoms with Crippen LogP contribution in [-0.2, 0) is 10.5 Å². The van der Waals surface area contributed by atoms with Crippen LogP contribution in [0.1, 0.15) is 41.1 Å². The van der Waals surface area contributed by atoms with E-state index in [0.29, 0.717) is 40.3 Å². The molecule has 0 aliphatic carbocycles. The fraction of sp³-hybridized carbons (Fsp3) is 0.273. The normalized spacial score (nSPS) is 15.7. The maximum atomic E-state index is 13.1. The minimum Gasteiger partial charge on any atom is -0.383 e. The van der Waals surface area contributed by atoms with Crippen molar-refractivity contribution in [3.8, 4) is 12.1 Å². The number of hydrogen-bond acceptors (Lipinski definition) is 9. The lowest BCUT2D eigenvalue weighted by atomic mass is 9.88. The van der Waals surface area contributed by atoms with Crippen LogP contribution in [0.4, 0.5) is 21.0 Å². The van der Waals surface area contributed by atoms with Crippen molar-refractivity contribution in [3.63, 3.8) is 0 Å². The molecule has 1 aliphatic heterocycles. The van der Waals surface area contributed by atoms with E-state index in [1.165, 1.54) is 35.2 Å². The number of nitrogens with zero attached hydrogens (tertiary/aromatic N) is 4. The Labute approximate surface area is 193 Å². The van der Waals surface area contributed by atoms with E-state index < -0.39 is 0 Å². The monoisotopic (exact) mass is 466 g/mol. The summed E-state index contributed by atoms with van der Waals surface area (Å²) in [6, 6.07) is 10.4. The highest BCUT2D eigenvalue weighted by molar-refractivity contribution is 7.98. The Morgan fingerprint density at radius 3 is 2.69 bits per heavy atom. The summed E-state index contributed by atoms with van der Waals surface area (Å²) < 4.78 is 18.6. The lowest BCUT2D eigenvalue weighted by Crippen LogP contribution is -2.19. The molecule has 0 radical (unpaired) electrons. The largest absolute Gasteiger partial charge is 0.383 e. The standard InChI is InChI=1S/C22H19FN6OS2/c23-14-3-5-15(6-4-14)27-22-28-16(12-32-22)11-31-21-18(9-25)19(13-2-1-7-30-10-13)17(8-24)20(26)29-21/h3-6,12-13H,1-2,7,10-11H2,(H2,26,29)(H,27,28). The molecule has 1 fully saturated rings. The van der Waals surface area contributed by atoms with Crippen LogP contribution in [0.15, 0.2) is 34.7 Å². The summed E-state index contributed by atoms with van der Waals surface area (Å²) in [6.45, 7) is 1.14. The first-order chi connectivity index (χ1) is 15.6. The van der Waals surface area contributed by atoms with Crippen molar-refractivity contribution < 1.29 is 9.13 Å². The average Bonchev–Trinajstić information content (AvgIpc) is 3.26. The molecule has 0 amide bonds. The molecular formula is C22H19FN6OS2. The van der Waals surface area contributed by atoms with Gasteiger partial charge in [0, 0.05) is 29.3 Å². The molecule has 4 rings (SSSR count). The molecule has 10 heteroatoms. The number of halogens is 1. The van der Waals surface area contributed by atoms with E-state index in [1.807, 2.05) is 5.38 Å². The summed E-state index contributed by atoms with van der Waals surface area (Å²) in [7, 11) is 0. The molecule has 1 unspecified atom stereocenters. The molecule has 1 saturated heterocycles. The van der Waals surface area contributed by atoms with Gasteiger partial charge in [-0.1, -0.05) is 11.8 Å². The number of anilines is 3. The summed E-state index contributed by atoms with van der Waals surface area (Å²) in [4.78, 5) is 8.89. The Morgan fingerprint density at radius 1 is 1.22 bits per heavy atom. The molecule has 0 saturated carbocycles. The fourth-order valence-electron chi connectivity index (χ4n) is 3.54. The van der Waals surface area contributed by atoms with Gasteiger partial charge in [-0.25, -0.2) is 14.4 Å². The predicted octanol–water partition coefficient (Wildman–Crippen LogP) is 4.93. The fourth-order valence-corrected chi connectivity index (χ4v) is 5.27. The first-order valence-electron chi connectivity index (χ1n) is 9.90. The highest BCUT2D eigenvalue weighted by Crippen LogP contribution is 2.37. The molecule has 162 valence electrons. The molecule has 2 aromatic heterocycles. The van der Waals surface area contributed by atoms with Gasteiger partial charge in [0.15, 0.2) is 5.13 Å². The van der Waals surface area contributed by atoms with Gasteiger partial charge in [0.25, 0.3) is 0 Å². The number of pyridine rings is 1. The van der Waals surface area contributed by atoms with Crippen molar-refractivity contribution in [1.29, 1.82) is 10.5 Å². The number of ether oxygens (including phenoxy) is 1. The maximum Gasteiger partial charge on any atom is 0.187 e. The quantitative estimate of drug-likeness (QED) is 0.491. The number of aromatic nitrogens is 2. The Bertz CT molecular complexity index is 1190. The second kappa shape index (κ2) is 9.96. The molecule has 32 heavy (non-hydrogen) atoms. The van der Waals surface area contributed by atoms with Gasteiger partial charge in [-0.15, -0.1) is 11.3 Å². The van der Waals surface area contributed by atoms with Crippen molar-refractivity contribution in [2.24, 2.45) is 0 Å². The molecule has 3 heterocycles. The van der Waals surface area contributed by atoms with Gasteiger partial charge in [0.05, 0.1) is 23.4 Å². The van der Waals surface area contributed by atoms with Gasteiger partial charge >= 0.3 is 0 Å². The molecule has 0 spiro atoms. The van der Waals surface area contributed by atoms with E-state index in [1.54, 1.807) is 12.1 Å². The number of thiazole rings is 1. The third-order valence-corrected chi connectivity index (χ3v) is 6.84. The van der Waals surface area contributed by atoms with Gasteiger partial charge in [-0.05, 0) is 42.7 Å². The summed E-state index contributed by atoms with van der Waals surface area (Å²) in [6.07, 6.45) is 1.70. The molecule has 7 nitrogen and oxygen atoms in total. The van der Waals surface area contributed by atoms with Crippen molar-refractivity contribution in [2.75, 3.05) is 24.3 Å². The number of nitriles is 2. The van der Waals surface area contributed by atoms with E-state index in [2.05, 4.69) is 27.4 Å². The molecule has 1 aromatic carbocycles. The third kappa shape index (κ3) is 4.83. The van der Waals surface area contributed by atoms with Gasteiger partial charge in [0.2, 0.25) is 0 Å². The van der Waals surface area contributed by atoms with Crippen LogP contribution < -0.4 is 11.1 Å². The third-order valence-electron chi connectivity index (χ3n) is 5.03. The van der Waals surface area contributed by atoms with E-state index in [9.17, 15) is 14.9 Å². The second-order valence-electron chi connectivity index (χ2n) is 7.17. The molecular weight excluding hydrogens is 447 g/mol. The van der Waals surface area contributed by atoms with Crippen molar-refractivity contribution >= 4 is 39.7 Å². The summed E-state index contributed by atoms with van der Waals surface area (Å²) >= 11 is 2.79.